The van der Waals surface area contributed by atoms with Gasteiger partial charge in [0.15, 0.2) is 6.29 Å². The van der Waals surface area contributed by atoms with Gasteiger partial charge in [-0.05, 0) is 6.42 Å². The van der Waals surface area contributed by atoms with Gasteiger partial charge in [0.05, 0.1) is 6.61 Å². The first kappa shape index (κ1) is 14.8. The lowest BCUT2D eigenvalue weighted by Crippen LogP contribution is -2.60. The predicted octanol–water partition coefficient (Wildman–Crippen LogP) is -0.743. The molecule has 0 spiro atoms. The summed E-state index contributed by atoms with van der Waals surface area (Å²) < 4.78 is 15.7. The maximum absolute atomic E-state index is 9.87. The summed E-state index contributed by atoms with van der Waals surface area (Å²) in [4.78, 5) is 0. The molecule has 0 aromatic heterocycles. The molecule has 17 heavy (non-hydrogen) atoms. The lowest BCUT2D eigenvalue weighted by atomic mass is 9.99. The fourth-order valence-corrected chi connectivity index (χ4v) is 1.87. The largest absolute Gasteiger partial charge is 0.394 e. The summed E-state index contributed by atoms with van der Waals surface area (Å²) in [6.07, 6.45) is -2.65. The van der Waals surface area contributed by atoms with Crippen LogP contribution in [0.15, 0.2) is 0 Å². The van der Waals surface area contributed by atoms with Gasteiger partial charge in [-0.25, -0.2) is 0 Å². The number of methoxy groups -OCH3 is 1. The minimum Gasteiger partial charge on any atom is -0.394 e. The molecule has 0 bridgehead atoms. The van der Waals surface area contributed by atoms with Gasteiger partial charge >= 0.3 is 0 Å². The molecule has 0 radical (unpaired) electrons. The first-order chi connectivity index (χ1) is 8.15. The molecule has 1 rings (SSSR count). The molecule has 0 saturated carbocycles. The van der Waals surface area contributed by atoms with Crippen LogP contribution in [-0.4, -0.2) is 66.3 Å². The zero-order chi connectivity index (χ0) is 12.8. The third kappa shape index (κ3) is 3.61. The SMILES string of the molecule is CCCCO[C@@H]1[C@@H](OC)[C@H](O)[C@@H](CO)O[C@@H]1O. The predicted molar refractivity (Wildman–Crippen MR) is 59.4 cm³/mol. The number of aliphatic hydroxyl groups excluding tert-OH is 3. The Morgan fingerprint density at radius 2 is 1.94 bits per heavy atom. The molecular formula is C11H22O6. The quantitative estimate of drug-likeness (QED) is 0.538. The van der Waals surface area contributed by atoms with Crippen LogP contribution >= 0.6 is 0 Å². The molecule has 0 aromatic carbocycles. The third-order valence-corrected chi connectivity index (χ3v) is 2.90. The van der Waals surface area contributed by atoms with E-state index in [1.807, 2.05) is 6.92 Å². The van der Waals surface area contributed by atoms with E-state index in [1.54, 1.807) is 0 Å². The Labute approximate surface area is 101 Å². The van der Waals surface area contributed by atoms with Gasteiger partial charge in [-0.3, -0.25) is 0 Å². The number of rotatable bonds is 6. The normalized spacial score (nSPS) is 38.3. The molecule has 6 heteroatoms. The number of hydrogen-bond donors (Lipinski definition) is 3. The Kier molecular flexibility index (Phi) is 6.32. The van der Waals surface area contributed by atoms with Gasteiger partial charge in [0.2, 0.25) is 0 Å². The lowest BCUT2D eigenvalue weighted by Gasteiger charge is -2.41. The van der Waals surface area contributed by atoms with E-state index >= 15 is 0 Å². The van der Waals surface area contributed by atoms with Crippen LogP contribution in [0.25, 0.3) is 0 Å². The van der Waals surface area contributed by atoms with E-state index in [-0.39, 0.29) is 6.61 Å². The van der Waals surface area contributed by atoms with E-state index in [0.29, 0.717) is 6.61 Å². The average Bonchev–Trinajstić information content (AvgIpc) is 2.33. The summed E-state index contributed by atoms with van der Waals surface area (Å²) >= 11 is 0. The van der Waals surface area contributed by atoms with E-state index < -0.39 is 30.7 Å². The second kappa shape index (κ2) is 7.25. The fraction of sp³-hybridized carbons (Fsp3) is 1.00. The maximum atomic E-state index is 9.87. The summed E-state index contributed by atoms with van der Waals surface area (Å²) in [6, 6.07) is 0. The Morgan fingerprint density at radius 3 is 2.47 bits per heavy atom. The standard InChI is InChI=1S/C11H22O6/c1-3-4-5-16-10-9(15-2)8(13)7(6-12)17-11(10)14/h7-14H,3-6H2,1-2H3/t7-,8-,9+,10-,11+/m1/s1. The van der Waals surface area contributed by atoms with Crippen molar-refractivity contribution in [2.45, 2.75) is 50.5 Å². The maximum Gasteiger partial charge on any atom is 0.184 e. The van der Waals surface area contributed by atoms with Gasteiger partial charge in [-0.2, -0.15) is 0 Å². The van der Waals surface area contributed by atoms with Crippen molar-refractivity contribution >= 4 is 0 Å². The highest BCUT2D eigenvalue weighted by atomic mass is 16.7. The van der Waals surface area contributed by atoms with Gasteiger partial charge in [0.25, 0.3) is 0 Å². The lowest BCUT2D eigenvalue weighted by molar-refractivity contribution is -0.300. The van der Waals surface area contributed by atoms with Crippen LogP contribution in [0.5, 0.6) is 0 Å². The molecule has 1 heterocycles. The van der Waals surface area contributed by atoms with Crippen molar-refractivity contribution < 1.29 is 29.5 Å². The molecule has 1 aliphatic rings. The van der Waals surface area contributed by atoms with E-state index in [0.717, 1.165) is 12.8 Å². The molecule has 0 aromatic rings. The monoisotopic (exact) mass is 250 g/mol. The summed E-state index contributed by atoms with van der Waals surface area (Å²) in [5.74, 6) is 0. The van der Waals surface area contributed by atoms with Crippen LogP contribution in [0, 0.1) is 0 Å². The minimum atomic E-state index is -1.20. The Morgan fingerprint density at radius 1 is 1.24 bits per heavy atom. The summed E-state index contributed by atoms with van der Waals surface area (Å²) in [5.41, 5.74) is 0. The fourth-order valence-electron chi connectivity index (χ4n) is 1.87. The van der Waals surface area contributed by atoms with Crippen LogP contribution in [0.2, 0.25) is 0 Å². The molecule has 0 amide bonds. The highest BCUT2D eigenvalue weighted by molar-refractivity contribution is 4.90. The molecule has 6 nitrogen and oxygen atoms in total. The first-order valence-corrected chi connectivity index (χ1v) is 5.92. The van der Waals surface area contributed by atoms with Crippen molar-refractivity contribution in [2.24, 2.45) is 0 Å². The van der Waals surface area contributed by atoms with Gasteiger partial charge in [-0.1, -0.05) is 13.3 Å². The van der Waals surface area contributed by atoms with Crippen LogP contribution in [0.3, 0.4) is 0 Å². The van der Waals surface area contributed by atoms with Crippen molar-refractivity contribution in [1.82, 2.24) is 0 Å². The van der Waals surface area contributed by atoms with Gasteiger partial charge in [0, 0.05) is 13.7 Å². The smallest absolute Gasteiger partial charge is 0.184 e. The van der Waals surface area contributed by atoms with Crippen molar-refractivity contribution in [3.8, 4) is 0 Å². The number of ether oxygens (including phenoxy) is 3. The average molecular weight is 250 g/mol. The van der Waals surface area contributed by atoms with E-state index in [1.165, 1.54) is 7.11 Å². The second-order valence-electron chi connectivity index (χ2n) is 4.13. The van der Waals surface area contributed by atoms with Gasteiger partial charge < -0.3 is 29.5 Å². The minimum absolute atomic E-state index is 0.375. The molecule has 1 fully saturated rings. The molecule has 1 aliphatic heterocycles. The van der Waals surface area contributed by atoms with Crippen molar-refractivity contribution in [1.29, 1.82) is 0 Å². The Hall–Kier alpha value is -0.240. The molecule has 0 unspecified atom stereocenters. The van der Waals surface area contributed by atoms with E-state index in [2.05, 4.69) is 0 Å². The number of aliphatic hydroxyl groups is 3. The van der Waals surface area contributed by atoms with Crippen molar-refractivity contribution in [2.75, 3.05) is 20.3 Å². The van der Waals surface area contributed by atoms with Gasteiger partial charge in [-0.15, -0.1) is 0 Å². The second-order valence-corrected chi connectivity index (χ2v) is 4.13. The highest BCUT2D eigenvalue weighted by Crippen LogP contribution is 2.24. The van der Waals surface area contributed by atoms with Crippen molar-refractivity contribution in [3.05, 3.63) is 0 Å². The number of unbranched alkanes of at least 4 members (excludes halogenated alkanes) is 1. The Balaban J connectivity index is 2.60. The number of hydrogen-bond acceptors (Lipinski definition) is 6. The topological polar surface area (TPSA) is 88.4 Å². The molecule has 102 valence electrons. The van der Waals surface area contributed by atoms with E-state index in [9.17, 15) is 10.2 Å². The van der Waals surface area contributed by atoms with E-state index in [4.69, 9.17) is 19.3 Å². The zero-order valence-corrected chi connectivity index (χ0v) is 10.3. The zero-order valence-electron chi connectivity index (χ0n) is 10.3. The van der Waals surface area contributed by atoms with Crippen LogP contribution in [-0.2, 0) is 14.2 Å². The summed E-state index contributed by atoms with van der Waals surface area (Å²) in [5, 5.41) is 28.6. The molecule has 5 atom stereocenters. The van der Waals surface area contributed by atoms with Crippen molar-refractivity contribution in [3.63, 3.8) is 0 Å². The van der Waals surface area contributed by atoms with Gasteiger partial charge in [0.1, 0.15) is 24.4 Å². The molecule has 3 N–H and O–H groups in total. The van der Waals surface area contributed by atoms with Crippen LogP contribution in [0.4, 0.5) is 0 Å². The third-order valence-electron chi connectivity index (χ3n) is 2.90. The summed E-state index contributed by atoms with van der Waals surface area (Å²) in [7, 11) is 1.43. The molecule has 1 saturated heterocycles. The van der Waals surface area contributed by atoms with Crippen LogP contribution < -0.4 is 0 Å². The molecular weight excluding hydrogens is 228 g/mol. The highest BCUT2D eigenvalue weighted by Gasteiger charge is 2.45. The summed E-state index contributed by atoms with van der Waals surface area (Å²) in [6.45, 7) is 2.12. The molecule has 0 aliphatic carbocycles. The Bertz CT molecular complexity index is 212. The van der Waals surface area contributed by atoms with Crippen LogP contribution in [0.1, 0.15) is 19.8 Å². The first-order valence-electron chi connectivity index (χ1n) is 5.92.